The highest BCUT2D eigenvalue weighted by molar-refractivity contribution is 7.80. The Bertz CT molecular complexity index is 560. The first-order valence-corrected chi connectivity index (χ1v) is 6.37. The molecule has 0 heterocycles. The van der Waals surface area contributed by atoms with Crippen LogP contribution in [0.1, 0.15) is 29.3 Å². The zero-order valence-electron chi connectivity index (χ0n) is 11.4. The van der Waals surface area contributed by atoms with Crippen LogP contribution in [0, 0.1) is 5.82 Å². The number of nitrogens with zero attached hydrogens (tertiary/aromatic N) is 1. The molecule has 0 saturated heterocycles. The first-order valence-electron chi connectivity index (χ1n) is 5.97. The molecular weight excluding hydrogens is 308 g/mol. The van der Waals surface area contributed by atoms with E-state index in [2.05, 4.69) is 0 Å². The van der Waals surface area contributed by atoms with E-state index >= 15 is 0 Å². The third-order valence-electron chi connectivity index (χ3n) is 3.01. The van der Waals surface area contributed by atoms with Crippen molar-refractivity contribution in [2.45, 2.75) is 25.6 Å². The van der Waals surface area contributed by atoms with Crippen LogP contribution < -0.4 is 5.73 Å². The van der Waals surface area contributed by atoms with Gasteiger partial charge in [-0.1, -0.05) is 18.3 Å². The molecule has 0 radical (unpaired) electrons. The van der Waals surface area contributed by atoms with E-state index in [0.29, 0.717) is 6.07 Å². The maximum Gasteiger partial charge on any atom is 0.419 e. The summed E-state index contributed by atoms with van der Waals surface area (Å²) in [5.41, 5.74) is 3.25. The van der Waals surface area contributed by atoms with Crippen molar-refractivity contribution in [3.05, 3.63) is 35.1 Å². The number of benzene rings is 1. The fraction of sp³-hybridized carbons (Fsp3) is 0.385. The number of halogens is 4. The van der Waals surface area contributed by atoms with Gasteiger partial charge in [-0.15, -0.1) is 0 Å². The molecule has 21 heavy (non-hydrogen) atoms. The van der Waals surface area contributed by atoms with Crippen molar-refractivity contribution in [3.8, 4) is 0 Å². The molecule has 1 amide bonds. The van der Waals surface area contributed by atoms with Crippen LogP contribution in [0.2, 0.25) is 0 Å². The number of carbonyl (C=O) groups is 1. The topological polar surface area (TPSA) is 46.3 Å². The lowest BCUT2D eigenvalue weighted by atomic mass is 10.1. The van der Waals surface area contributed by atoms with Crippen molar-refractivity contribution < 1.29 is 22.4 Å². The van der Waals surface area contributed by atoms with Gasteiger partial charge in [0, 0.05) is 19.5 Å². The normalized spacial score (nSPS) is 12.9. The van der Waals surface area contributed by atoms with E-state index < -0.39 is 35.1 Å². The fourth-order valence-electron chi connectivity index (χ4n) is 1.73. The van der Waals surface area contributed by atoms with Gasteiger partial charge in [-0.25, -0.2) is 4.39 Å². The van der Waals surface area contributed by atoms with E-state index in [1.807, 2.05) is 0 Å². The molecular formula is C13H14F4N2OS. The quantitative estimate of drug-likeness (QED) is 0.685. The number of carbonyl (C=O) groups excluding carboxylic acids is 1. The average Bonchev–Trinajstić information content (AvgIpc) is 2.35. The predicted molar refractivity (Wildman–Crippen MR) is 74.4 cm³/mol. The van der Waals surface area contributed by atoms with Crippen LogP contribution in [-0.2, 0) is 6.18 Å². The zero-order chi connectivity index (χ0) is 16.4. The molecule has 3 nitrogen and oxygen atoms in total. The molecule has 1 atom stereocenters. The van der Waals surface area contributed by atoms with Crippen LogP contribution in [-0.4, -0.2) is 28.9 Å². The van der Waals surface area contributed by atoms with Crippen LogP contribution in [0.4, 0.5) is 17.6 Å². The van der Waals surface area contributed by atoms with E-state index in [0.717, 1.165) is 17.0 Å². The lowest BCUT2D eigenvalue weighted by molar-refractivity contribution is -0.140. The van der Waals surface area contributed by atoms with Crippen molar-refractivity contribution >= 4 is 23.1 Å². The Morgan fingerprint density at radius 1 is 1.43 bits per heavy atom. The number of hydrogen-bond acceptors (Lipinski definition) is 2. The molecule has 1 unspecified atom stereocenters. The van der Waals surface area contributed by atoms with Crippen LogP contribution in [0.15, 0.2) is 18.2 Å². The molecule has 0 bridgehead atoms. The summed E-state index contributed by atoms with van der Waals surface area (Å²) >= 11 is 4.71. The number of alkyl halides is 3. The van der Waals surface area contributed by atoms with Crippen molar-refractivity contribution in [1.29, 1.82) is 0 Å². The third-order valence-corrected chi connectivity index (χ3v) is 3.18. The van der Waals surface area contributed by atoms with Gasteiger partial charge >= 0.3 is 6.18 Å². The third kappa shape index (κ3) is 4.13. The average molecular weight is 322 g/mol. The second-order valence-corrected chi connectivity index (χ2v) is 5.12. The number of nitrogens with two attached hydrogens (primary N) is 1. The second-order valence-electron chi connectivity index (χ2n) is 4.60. The standard InChI is InChI=1S/C13H14F4N2OS/c1-7(6-10(18)21)19(2)12(20)8-4-3-5-9(11(8)14)13(15,16)17/h3-5,7H,6H2,1-2H3,(H2,18,21). The number of thiocarbonyl (C=S) groups is 1. The molecule has 0 aliphatic carbocycles. The van der Waals surface area contributed by atoms with E-state index in [1.165, 1.54) is 7.05 Å². The van der Waals surface area contributed by atoms with Gasteiger partial charge in [-0.2, -0.15) is 13.2 Å². The Morgan fingerprint density at radius 2 is 2.00 bits per heavy atom. The summed E-state index contributed by atoms with van der Waals surface area (Å²) in [6.45, 7) is 1.61. The molecule has 1 aromatic rings. The van der Waals surface area contributed by atoms with Crippen LogP contribution >= 0.6 is 12.2 Å². The molecule has 8 heteroatoms. The van der Waals surface area contributed by atoms with Crippen LogP contribution in [0.5, 0.6) is 0 Å². The highest BCUT2D eigenvalue weighted by Crippen LogP contribution is 2.32. The van der Waals surface area contributed by atoms with Crippen molar-refractivity contribution in [1.82, 2.24) is 4.90 Å². The fourth-order valence-corrected chi connectivity index (χ4v) is 1.98. The Labute approximate surface area is 124 Å². The maximum absolute atomic E-state index is 13.9. The predicted octanol–water partition coefficient (Wildman–Crippen LogP) is 2.98. The van der Waals surface area contributed by atoms with E-state index in [9.17, 15) is 22.4 Å². The zero-order valence-corrected chi connectivity index (χ0v) is 12.2. The summed E-state index contributed by atoms with van der Waals surface area (Å²) in [7, 11) is 1.35. The van der Waals surface area contributed by atoms with Gasteiger partial charge in [0.05, 0.1) is 16.1 Å². The summed E-state index contributed by atoms with van der Waals surface area (Å²) in [4.78, 5) is 13.4. The van der Waals surface area contributed by atoms with Gasteiger partial charge in [0.2, 0.25) is 0 Å². The summed E-state index contributed by atoms with van der Waals surface area (Å²) in [6.07, 6.45) is -4.67. The largest absolute Gasteiger partial charge is 0.419 e. The van der Waals surface area contributed by atoms with Crippen molar-refractivity contribution in [2.75, 3.05) is 7.05 Å². The molecule has 1 aromatic carbocycles. The smallest absolute Gasteiger partial charge is 0.393 e. The van der Waals surface area contributed by atoms with Crippen LogP contribution in [0.3, 0.4) is 0 Å². The van der Waals surface area contributed by atoms with Crippen molar-refractivity contribution in [3.63, 3.8) is 0 Å². The minimum atomic E-state index is -4.86. The molecule has 0 fully saturated rings. The highest BCUT2D eigenvalue weighted by atomic mass is 32.1. The van der Waals surface area contributed by atoms with Crippen LogP contribution in [0.25, 0.3) is 0 Å². The molecule has 0 aromatic heterocycles. The minimum absolute atomic E-state index is 0.159. The Kier molecular flexibility index (Phi) is 5.27. The molecule has 0 saturated carbocycles. The van der Waals surface area contributed by atoms with Gasteiger partial charge in [-0.05, 0) is 19.1 Å². The first kappa shape index (κ1) is 17.4. The molecule has 0 aliphatic heterocycles. The molecule has 0 spiro atoms. The minimum Gasteiger partial charge on any atom is -0.393 e. The molecule has 116 valence electrons. The van der Waals surface area contributed by atoms with E-state index in [4.69, 9.17) is 18.0 Å². The van der Waals surface area contributed by atoms with Gasteiger partial charge in [0.15, 0.2) is 0 Å². The lowest BCUT2D eigenvalue weighted by Gasteiger charge is -2.25. The maximum atomic E-state index is 13.9. The van der Waals surface area contributed by atoms with Gasteiger partial charge in [0.25, 0.3) is 5.91 Å². The summed E-state index contributed by atoms with van der Waals surface area (Å²) in [5, 5.41) is 0. The SMILES string of the molecule is CC(CC(N)=S)N(C)C(=O)c1cccc(C(F)(F)F)c1F. The summed E-state index contributed by atoms with van der Waals surface area (Å²) < 4.78 is 51.8. The molecule has 2 N–H and O–H groups in total. The Hall–Kier alpha value is -1.70. The van der Waals surface area contributed by atoms with Gasteiger partial charge in [0.1, 0.15) is 5.82 Å². The summed E-state index contributed by atoms with van der Waals surface area (Å²) in [5.74, 6) is -2.44. The highest BCUT2D eigenvalue weighted by Gasteiger charge is 2.36. The van der Waals surface area contributed by atoms with E-state index in [1.54, 1.807) is 6.92 Å². The first-order chi connectivity index (χ1) is 9.55. The monoisotopic (exact) mass is 322 g/mol. The molecule has 0 aliphatic rings. The van der Waals surface area contributed by atoms with Gasteiger partial charge in [-0.3, -0.25) is 4.79 Å². The number of amides is 1. The lowest BCUT2D eigenvalue weighted by Crippen LogP contribution is -2.38. The van der Waals surface area contributed by atoms with Gasteiger partial charge < -0.3 is 10.6 Å². The second kappa shape index (κ2) is 6.38. The number of hydrogen-bond donors (Lipinski definition) is 1. The van der Waals surface area contributed by atoms with Crippen molar-refractivity contribution in [2.24, 2.45) is 5.73 Å². The van der Waals surface area contributed by atoms with E-state index in [-0.39, 0.29) is 11.4 Å². The Balaban J connectivity index is 3.11. The number of rotatable bonds is 4. The Morgan fingerprint density at radius 3 is 2.48 bits per heavy atom. The summed E-state index contributed by atoms with van der Waals surface area (Å²) in [6, 6.07) is 2.14. The molecule has 1 rings (SSSR count).